The van der Waals surface area contributed by atoms with E-state index in [1.165, 1.54) is 0 Å². The van der Waals surface area contributed by atoms with Gasteiger partial charge in [0.05, 0.1) is 18.9 Å². The van der Waals surface area contributed by atoms with Gasteiger partial charge in [-0.25, -0.2) is 0 Å². The summed E-state index contributed by atoms with van der Waals surface area (Å²) in [6, 6.07) is 10.0. The molecular weight excluding hydrogens is 290 g/mol. The molecule has 0 spiro atoms. The summed E-state index contributed by atoms with van der Waals surface area (Å²) in [6.07, 6.45) is 6.48. The third kappa shape index (κ3) is 2.71. The van der Waals surface area contributed by atoms with Crippen molar-refractivity contribution in [1.29, 1.82) is 0 Å². The van der Waals surface area contributed by atoms with E-state index in [2.05, 4.69) is 15.5 Å². The Morgan fingerprint density at radius 1 is 1.26 bits per heavy atom. The number of hydrogen-bond donors (Lipinski definition) is 2. The number of carbonyl (C=O) groups excluding carboxylic acids is 1. The average Bonchev–Trinajstić information content (AvgIpc) is 2.90. The van der Waals surface area contributed by atoms with Crippen molar-refractivity contribution in [2.24, 2.45) is 0 Å². The third-order valence-corrected chi connectivity index (χ3v) is 4.17. The van der Waals surface area contributed by atoms with Crippen LogP contribution < -0.4 is 5.32 Å². The fraction of sp³-hybridized carbons (Fsp3) is 0.222. The van der Waals surface area contributed by atoms with Gasteiger partial charge < -0.3 is 10.1 Å². The van der Waals surface area contributed by atoms with Crippen LogP contribution in [-0.4, -0.2) is 22.7 Å². The molecule has 5 heteroatoms. The summed E-state index contributed by atoms with van der Waals surface area (Å²) < 4.78 is 5.86. The molecule has 2 N–H and O–H groups in total. The molecule has 0 bridgehead atoms. The van der Waals surface area contributed by atoms with Crippen molar-refractivity contribution in [3.63, 3.8) is 0 Å². The predicted octanol–water partition coefficient (Wildman–Crippen LogP) is 3.01. The van der Waals surface area contributed by atoms with Gasteiger partial charge in [0.25, 0.3) is 0 Å². The highest BCUT2D eigenvalue weighted by Gasteiger charge is 2.31. The molecule has 1 aromatic heterocycles. The number of carbonyl (C=O) groups is 1. The molecule has 1 aliphatic heterocycles. The van der Waals surface area contributed by atoms with Crippen LogP contribution in [0.3, 0.4) is 0 Å². The molecule has 0 fully saturated rings. The Bertz CT molecular complexity index is 790. The fourth-order valence-electron chi connectivity index (χ4n) is 2.97. The van der Waals surface area contributed by atoms with E-state index in [9.17, 15) is 4.79 Å². The number of hydrogen-bond acceptors (Lipinski definition) is 3. The van der Waals surface area contributed by atoms with Crippen LogP contribution in [0.15, 0.2) is 48.6 Å². The molecule has 2 aromatic rings. The molecule has 2 aliphatic rings. The second-order valence-corrected chi connectivity index (χ2v) is 5.79. The lowest BCUT2D eigenvalue weighted by molar-refractivity contribution is -0.117. The number of aromatic nitrogens is 2. The van der Waals surface area contributed by atoms with Crippen LogP contribution in [0.1, 0.15) is 29.2 Å². The molecular formula is C18H17N3O2. The van der Waals surface area contributed by atoms with Gasteiger partial charge in [-0.2, -0.15) is 5.10 Å². The Morgan fingerprint density at radius 3 is 2.83 bits per heavy atom. The number of aromatic amines is 1. The lowest BCUT2D eigenvalue weighted by Gasteiger charge is -2.23. The Hall–Kier alpha value is -2.66. The molecule has 5 nitrogen and oxygen atoms in total. The van der Waals surface area contributed by atoms with Gasteiger partial charge in [0, 0.05) is 17.9 Å². The largest absolute Gasteiger partial charge is 0.376 e. The fourth-order valence-corrected chi connectivity index (χ4v) is 2.97. The maximum Gasteiger partial charge on any atom is 0.226 e. The van der Waals surface area contributed by atoms with Crippen molar-refractivity contribution < 1.29 is 9.53 Å². The van der Waals surface area contributed by atoms with Gasteiger partial charge >= 0.3 is 0 Å². The van der Waals surface area contributed by atoms with Crippen LogP contribution in [0.25, 0.3) is 5.57 Å². The summed E-state index contributed by atoms with van der Waals surface area (Å²) in [5.41, 5.74) is 4.28. The van der Waals surface area contributed by atoms with Crippen molar-refractivity contribution >= 4 is 17.3 Å². The van der Waals surface area contributed by atoms with Gasteiger partial charge in [-0.1, -0.05) is 48.6 Å². The quantitative estimate of drug-likeness (QED) is 0.892. The number of nitrogens with zero attached hydrogens (tertiary/aromatic N) is 1. The maximum atomic E-state index is 11.9. The highest BCUT2D eigenvalue weighted by Crippen LogP contribution is 2.38. The molecule has 1 amide bonds. The normalized spacial score (nSPS) is 18.9. The molecule has 1 aliphatic carbocycles. The first-order valence-corrected chi connectivity index (χ1v) is 7.70. The first-order valence-electron chi connectivity index (χ1n) is 7.70. The van der Waals surface area contributed by atoms with Gasteiger partial charge in [0.2, 0.25) is 5.91 Å². The monoisotopic (exact) mass is 307 g/mol. The summed E-state index contributed by atoms with van der Waals surface area (Å²) in [4.78, 5) is 11.9. The van der Waals surface area contributed by atoms with Crippen LogP contribution in [0.2, 0.25) is 0 Å². The first-order chi connectivity index (χ1) is 11.3. The van der Waals surface area contributed by atoms with Crippen LogP contribution in [-0.2, 0) is 16.1 Å². The minimum absolute atomic E-state index is 0.0120. The highest BCUT2D eigenvalue weighted by molar-refractivity contribution is 5.95. The second-order valence-electron chi connectivity index (χ2n) is 5.79. The highest BCUT2D eigenvalue weighted by atomic mass is 16.5. The Balaban J connectivity index is 1.50. The molecule has 4 rings (SSSR count). The Morgan fingerprint density at radius 2 is 2.09 bits per heavy atom. The van der Waals surface area contributed by atoms with Crippen molar-refractivity contribution in [3.8, 4) is 0 Å². The Kier molecular flexibility index (Phi) is 3.55. The topological polar surface area (TPSA) is 67.0 Å². The van der Waals surface area contributed by atoms with E-state index in [-0.39, 0.29) is 11.8 Å². The van der Waals surface area contributed by atoms with E-state index in [0.717, 1.165) is 22.4 Å². The summed E-state index contributed by atoms with van der Waals surface area (Å²) in [5, 5.41) is 10.1. The minimum Gasteiger partial charge on any atom is -0.376 e. The lowest BCUT2D eigenvalue weighted by atomic mass is 9.89. The van der Waals surface area contributed by atoms with E-state index < -0.39 is 0 Å². The van der Waals surface area contributed by atoms with E-state index in [0.29, 0.717) is 25.5 Å². The first kappa shape index (κ1) is 14.0. The SMILES string of the molecule is O=C1CC(COCc2ccccc2)c2c(n[nH]c2C2=CC=C2)N1. The number of allylic oxidation sites excluding steroid dienone is 4. The molecule has 1 atom stereocenters. The number of fused-ring (bicyclic) bond motifs is 1. The maximum absolute atomic E-state index is 11.9. The predicted molar refractivity (Wildman–Crippen MR) is 87.8 cm³/mol. The third-order valence-electron chi connectivity index (χ3n) is 4.17. The van der Waals surface area contributed by atoms with E-state index in [1.54, 1.807) is 0 Å². The molecule has 116 valence electrons. The van der Waals surface area contributed by atoms with Crippen molar-refractivity contribution in [1.82, 2.24) is 10.2 Å². The van der Waals surface area contributed by atoms with Crippen molar-refractivity contribution in [3.05, 3.63) is 65.4 Å². The molecule has 2 heterocycles. The average molecular weight is 307 g/mol. The number of rotatable bonds is 5. The molecule has 1 unspecified atom stereocenters. The van der Waals surface area contributed by atoms with E-state index in [1.807, 2.05) is 48.6 Å². The summed E-state index contributed by atoms with van der Waals surface area (Å²) in [7, 11) is 0. The number of amides is 1. The molecule has 0 saturated carbocycles. The van der Waals surface area contributed by atoms with Gasteiger partial charge in [0.15, 0.2) is 5.82 Å². The molecule has 0 saturated heterocycles. The van der Waals surface area contributed by atoms with Crippen molar-refractivity contribution in [2.75, 3.05) is 11.9 Å². The zero-order valence-corrected chi connectivity index (χ0v) is 12.6. The standard InChI is InChI=1S/C18H17N3O2/c22-15-9-14(11-23-10-12-5-2-1-3-6-12)16-17(13-7-4-8-13)20-21-18(16)19-15/h1-8,14H,9-11H2,(H2,19,20,21,22). The molecule has 23 heavy (non-hydrogen) atoms. The van der Waals surface area contributed by atoms with Gasteiger partial charge in [0.1, 0.15) is 0 Å². The van der Waals surface area contributed by atoms with E-state index in [4.69, 9.17) is 4.74 Å². The molecule has 1 aromatic carbocycles. The number of anilines is 1. The summed E-state index contributed by atoms with van der Waals surface area (Å²) >= 11 is 0. The van der Waals surface area contributed by atoms with Gasteiger partial charge in [-0.15, -0.1) is 0 Å². The number of ether oxygens (including phenoxy) is 1. The number of benzene rings is 1. The minimum atomic E-state index is -0.0120. The van der Waals surface area contributed by atoms with Gasteiger partial charge in [-0.05, 0) is 11.1 Å². The van der Waals surface area contributed by atoms with Crippen molar-refractivity contribution in [2.45, 2.75) is 18.9 Å². The number of H-pyrrole nitrogens is 1. The van der Waals surface area contributed by atoms with Crippen LogP contribution in [0, 0.1) is 0 Å². The summed E-state index contributed by atoms with van der Waals surface area (Å²) in [5.74, 6) is 0.638. The van der Waals surface area contributed by atoms with Crippen LogP contribution >= 0.6 is 0 Å². The zero-order chi connectivity index (χ0) is 15.6. The molecule has 0 radical (unpaired) electrons. The van der Waals surface area contributed by atoms with E-state index >= 15 is 0 Å². The van der Waals surface area contributed by atoms with Gasteiger partial charge in [-0.3, -0.25) is 9.89 Å². The Labute approximate surface area is 134 Å². The number of nitrogens with one attached hydrogen (secondary N) is 2. The zero-order valence-electron chi connectivity index (χ0n) is 12.6. The lowest BCUT2D eigenvalue weighted by Crippen LogP contribution is -2.25. The summed E-state index contributed by atoms with van der Waals surface area (Å²) in [6.45, 7) is 1.04. The smallest absolute Gasteiger partial charge is 0.226 e. The van der Waals surface area contributed by atoms with Crippen LogP contribution in [0.5, 0.6) is 0 Å². The second kappa shape index (κ2) is 5.85. The van der Waals surface area contributed by atoms with Crippen LogP contribution in [0.4, 0.5) is 5.82 Å².